The number of carbonyl (C=O) groups excluding carboxylic acids is 2. The van der Waals surface area contributed by atoms with Crippen LogP contribution in [-0.4, -0.2) is 37.9 Å². The highest BCUT2D eigenvalue weighted by atomic mass is 16.6. The molecule has 5 nitrogen and oxygen atoms in total. The summed E-state index contributed by atoms with van der Waals surface area (Å²) in [6.07, 6.45) is 0.510. The SMILES string of the molecule is COCCCC(C(=O)OC(C)C)C(=O)OC(C)C. The largest absolute Gasteiger partial charge is 0.462 e. The van der Waals surface area contributed by atoms with Crippen molar-refractivity contribution in [3.05, 3.63) is 0 Å². The van der Waals surface area contributed by atoms with Crippen LogP contribution in [-0.2, 0) is 23.8 Å². The van der Waals surface area contributed by atoms with Gasteiger partial charge in [-0.05, 0) is 40.5 Å². The van der Waals surface area contributed by atoms with E-state index in [9.17, 15) is 9.59 Å². The Labute approximate surface area is 109 Å². The van der Waals surface area contributed by atoms with Gasteiger partial charge in [0.2, 0.25) is 0 Å². The second kappa shape index (κ2) is 8.91. The molecule has 0 amide bonds. The Kier molecular flexibility index (Phi) is 8.37. The normalized spacial score (nSPS) is 11.1. The summed E-state index contributed by atoms with van der Waals surface area (Å²) in [5, 5.41) is 0. The van der Waals surface area contributed by atoms with Gasteiger partial charge >= 0.3 is 11.9 Å². The molecule has 0 aliphatic rings. The van der Waals surface area contributed by atoms with E-state index in [1.165, 1.54) is 0 Å². The molecule has 0 unspecified atom stereocenters. The zero-order chi connectivity index (χ0) is 14.1. The van der Waals surface area contributed by atoms with Gasteiger partial charge < -0.3 is 14.2 Å². The third-order valence-corrected chi connectivity index (χ3v) is 2.11. The van der Waals surface area contributed by atoms with Crippen molar-refractivity contribution in [2.24, 2.45) is 5.92 Å². The molecule has 0 aromatic rings. The molecule has 0 saturated heterocycles. The fourth-order valence-electron chi connectivity index (χ4n) is 1.39. The first-order valence-corrected chi connectivity index (χ1v) is 6.28. The van der Waals surface area contributed by atoms with E-state index in [0.29, 0.717) is 19.4 Å². The Morgan fingerprint density at radius 1 is 0.944 bits per heavy atom. The molecule has 0 aromatic carbocycles. The Balaban J connectivity index is 4.49. The highest BCUT2D eigenvalue weighted by molar-refractivity contribution is 5.95. The molecule has 0 fully saturated rings. The fraction of sp³-hybridized carbons (Fsp3) is 0.846. The maximum absolute atomic E-state index is 11.8. The summed E-state index contributed by atoms with van der Waals surface area (Å²) >= 11 is 0. The Morgan fingerprint density at radius 3 is 1.72 bits per heavy atom. The van der Waals surface area contributed by atoms with Crippen LogP contribution < -0.4 is 0 Å². The minimum Gasteiger partial charge on any atom is -0.462 e. The molecule has 0 rings (SSSR count). The lowest BCUT2D eigenvalue weighted by Crippen LogP contribution is -2.31. The van der Waals surface area contributed by atoms with E-state index in [0.717, 1.165) is 0 Å². The van der Waals surface area contributed by atoms with Crippen LogP contribution >= 0.6 is 0 Å². The van der Waals surface area contributed by atoms with Gasteiger partial charge in [0.15, 0.2) is 5.92 Å². The van der Waals surface area contributed by atoms with Gasteiger partial charge in [-0.15, -0.1) is 0 Å². The number of ether oxygens (including phenoxy) is 3. The molecular weight excluding hydrogens is 236 g/mol. The number of carbonyl (C=O) groups is 2. The third-order valence-electron chi connectivity index (χ3n) is 2.11. The molecule has 0 saturated carbocycles. The lowest BCUT2D eigenvalue weighted by Gasteiger charge is -2.18. The molecular formula is C13H24O5. The van der Waals surface area contributed by atoms with Crippen LogP contribution in [0.5, 0.6) is 0 Å². The topological polar surface area (TPSA) is 61.8 Å². The molecule has 0 spiro atoms. The number of methoxy groups -OCH3 is 1. The van der Waals surface area contributed by atoms with E-state index >= 15 is 0 Å². The second-order valence-electron chi connectivity index (χ2n) is 4.66. The molecule has 5 heteroatoms. The summed E-state index contributed by atoms with van der Waals surface area (Å²) in [5.74, 6) is -1.90. The highest BCUT2D eigenvalue weighted by Crippen LogP contribution is 2.14. The second-order valence-corrected chi connectivity index (χ2v) is 4.66. The summed E-state index contributed by atoms with van der Waals surface area (Å²) in [6, 6.07) is 0. The first-order chi connectivity index (χ1) is 8.38. The Hall–Kier alpha value is -1.10. The van der Waals surface area contributed by atoms with Crippen molar-refractivity contribution in [3.63, 3.8) is 0 Å². The lowest BCUT2D eigenvalue weighted by atomic mass is 10.0. The van der Waals surface area contributed by atoms with Gasteiger partial charge in [0.1, 0.15) is 0 Å². The molecule has 0 aliphatic carbocycles. The summed E-state index contributed by atoms with van der Waals surface area (Å²) in [4.78, 5) is 23.6. The maximum Gasteiger partial charge on any atom is 0.320 e. The van der Waals surface area contributed by atoms with Crippen LogP contribution in [0.15, 0.2) is 0 Å². The van der Waals surface area contributed by atoms with Crippen molar-refractivity contribution in [1.29, 1.82) is 0 Å². The first-order valence-electron chi connectivity index (χ1n) is 6.28. The number of rotatable bonds is 8. The van der Waals surface area contributed by atoms with E-state index in [4.69, 9.17) is 14.2 Å². The van der Waals surface area contributed by atoms with Crippen LogP contribution in [0, 0.1) is 5.92 Å². The minimum atomic E-state index is -0.857. The first kappa shape index (κ1) is 16.9. The summed E-state index contributed by atoms with van der Waals surface area (Å²) in [5.41, 5.74) is 0. The number of hydrogen-bond donors (Lipinski definition) is 0. The highest BCUT2D eigenvalue weighted by Gasteiger charge is 2.30. The van der Waals surface area contributed by atoms with Crippen LogP contribution in [0.1, 0.15) is 40.5 Å². The van der Waals surface area contributed by atoms with E-state index in [2.05, 4.69) is 0 Å². The van der Waals surface area contributed by atoms with E-state index in [1.54, 1.807) is 34.8 Å². The van der Waals surface area contributed by atoms with Crippen molar-refractivity contribution in [3.8, 4) is 0 Å². The number of esters is 2. The molecule has 0 bridgehead atoms. The molecule has 0 atom stereocenters. The van der Waals surface area contributed by atoms with Gasteiger partial charge in [0, 0.05) is 13.7 Å². The average Bonchev–Trinajstić information content (AvgIpc) is 2.21. The molecule has 0 aliphatic heterocycles. The minimum absolute atomic E-state index is 0.241. The summed E-state index contributed by atoms with van der Waals surface area (Å²) in [6.45, 7) is 7.49. The Morgan fingerprint density at radius 2 is 1.39 bits per heavy atom. The van der Waals surface area contributed by atoms with Gasteiger partial charge in [-0.3, -0.25) is 9.59 Å². The summed E-state index contributed by atoms with van der Waals surface area (Å²) in [7, 11) is 1.58. The standard InChI is InChI=1S/C13H24O5/c1-9(2)17-12(14)11(7-6-8-16-5)13(15)18-10(3)4/h9-11H,6-8H2,1-5H3. The smallest absolute Gasteiger partial charge is 0.320 e. The number of hydrogen-bond acceptors (Lipinski definition) is 5. The van der Waals surface area contributed by atoms with Crippen LogP contribution in [0.25, 0.3) is 0 Å². The van der Waals surface area contributed by atoms with Gasteiger partial charge in [-0.1, -0.05) is 0 Å². The predicted octanol–water partition coefficient (Wildman–Crippen LogP) is 1.93. The quantitative estimate of drug-likeness (QED) is 0.379. The zero-order valence-electron chi connectivity index (χ0n) is 11.9. The lowest BCUT2D eigenvalue weighted by molar-refractivity contribution is -0.166. The van der Waals surface area contributed by atoms with Gasteiger partial charge in [-0.2, -0.15) is 0 Å². The van der Waals surface area contributed by atoms with Crippen molar-refractivity contribution < 1.29 is 23.8 Å². The van der Waals surface area contributed by atoms with Crippen LogP contribution in [0.4, 0.5) is 0 Å². The van der Waals surface area contributed by atoms with E-state index in [1.807, 2.05) is 0 Å². The van der Waals surface area contributed by atoms with Gasteiger partial charge in [-0.25, -0.2) is 0 Å². The molecule has 106 valence electrons. The zero-order valence-corrected chi connectivity index (χ0v) is 11.9. The van der Waals surface area contributed by atoms with Crippen molar-refractivity contribution in [2.45, 2.75) is 52.7 Å². The molecule has 0 heterocycles. The third kappa shape index (κ3) is 7.27. The maximum atomic E-state index is 11.8. The van der Waals surface area contributed by atoms with Crippen molar-refractivity contribution in [2.75, 3.05) is 13.7 Å². The molecule has 0 radical (unpaired) electrons. The predicted molar refractivity (Wildman–Crippen MR) is 67.1 cm³/mol. The van der Waals surface area contributed by atoms with Crippen molar-refractivity contribution in [1.82, 2.24) is 0 Å². The Bertz CT molecular complexity index is 238. The molecule has 0 N–H and O–H groups in total. The van der Waals surface area contributed by atoms with Crippen LogP contribution in [0.3, 0.4) is 0 Å². The van der Waals surface area contributed by atoms with E-state index < -0.39 is 17.9 Å². The van der Waals surface area contributed by atoms with Gasteiger partial charge in [0.05, 0.1) is 12.2 Å². The fourth-order valence-corrected chi connectivity index (χ4v) is 1.39. The average molecular weight is 260 g/mol. The monoisotopic (exact) mass is 260 g/mol. The van der Waals surface area contributed by atoms with E-state index in [-0.39, 0.29) is 12.2 Å². The molecule has 0 aromatic heterocycles. The molecule has 18 heavy (non-hydrogen) atoms. The van der Waals surface area contributed by atoms with Gasteiger partial charge in [0.25, 0.3) is 0 Å². The summed E-state index contributed by atoms with van der Waals surface area (Å²) < 4.78 is 15.0. The van der Waals surface area contributed by atoms with Crippen LogP contribution in [0.2, 0.25) is 0 Å². The van der Waals surface area contributed by atoms with Crippen molar-refractivity contribution >= 4 is 11.9 Å².